The van der Waals surface area contributed by atoms with Crippen molar-refractivity contribution in [3.05, 3.63) is 17.8 Å². The fraction of sp³-hybridized carbons (Fsp3) is 0.455. The Morgan fingerprint density at radius 1 is 1.56 bits per heavy atom. The van der Waals surface area contributed by atoms with E-state index in [1.807, 2.05) is 0 Å². The second-order valence-electron chi connectivity index (χ2n) is 3.51. The molecule has 7 nitrogen and oxygen atoms in total. The van der Waals surface area contributed by atoms with Crippen molar-refractivity contribution in [1.82, 2.24) is 4.98 Å². The van der Waals surface area contributed by atoms with Crippen molar-refractivity contribution in [2.45, 2.75) is 19.1 Å². The standard InChI is InChI=1S/C11H16N2O5/c1-3-18-11(16)9(15)8(14)7-4-6(12)5-13-10(7)17-2/h4-5,8-9,14-15H,3,12H2,1-2H3. The van der Waals surface area contributed by atoms with Crippen LogP contribution in [0.2, 0.25) is 0 Å². The van der Waals surface area contributed by atoms with Gasteiger partial charge in [0.15, 0.2) is 6.10 Å². The van der Waals surface area contributed by atoms with Crippen molar-refractivity contribution >= 4 is 11.7 Å². The lowest BCUT2D eigenvalue weighted by molar-refractivity contribution is -0.159. The first-order valence-electron chi connectivity index (χ1n) is 5.33. The quantitative estimate of drug-likeness (QED) is 0.615. The van der Waals surface area contributed by atoms with Crippen molar-refractivity contribution in [2.24, 2.45) is 0 Å². The van der Waals surface area contributed by atoms with Gasteiger partial charge in [-0.1, -0.05) is 0 Å². The molecule has 1 heterocycles. The normalized spacial score (nSPS) is 13.8. The molecule has 0 spiro atoms. The Bertz CT molecular complexity index is 424. The summed E-state index contributed by atoms with van der Waals surface area (Å²) in [5.74, 6) is -0.838. The number of aliphatic hydroxyl groups excluding tert-OH is 2. The number of anilines is 1. The van der Waals surface area contributed by atoms with E-state index in [1.54, 1.807) is 6.92 Å². The summed E-state index contributed by atoms with van der Waals surface area (Å²) < 4.78 is 9.53. The summed E-state index contributed by atoms with van der Waals surface area (Å²) in [6, 6.07) is 1.37. The van der Waals surface area contributed by atoms with Crippen molar-refractivity contribution in [2.75, 3.05) is 19.5 Å². The molecule has 0 aliphatic heterocycles. The molecule has 18 heavy (non-hydrogen) atoms. The van der Waals surface area contributed by atoms with Crippen LogP contribution in [-0.2, 0) is 9.53 Å². The Morgan fingerprint density at radius 3 is 2.78 bits per heavy atom. The molecule has 1 aromatic rings. The van der Waals surface area contributed by atoms with Crippen LogP contribution in [0, 0.1) is 0 Å². The predicted octanol–water partition coefficient (Wildman–Crippen LogP) is -0.370. The third kappa shape index (κ3) is 3.08. The highest BCUT2D eigenvalue weighted by molar-refractivity contribution is 5.75. The number of hydrogen-bond acceptors (Lipinski definition) is 7. The van der Waals surface area contributed by atoms with Crippen LogP contribution < -0.4 is 10.5 Å². The Morgan fingerprint density at radius 2 is 2.22 bits per heavy atom. The molecule has 1 aromatic heterocycles. The zero-order chi connectivity index (χ0) is 13.7. The number of carbonyl (C=O) groups is 1. The van der Waals surface area contributed by atoms with Gasteiger partial charge in [-0.3, -0.25) is 0 Å². The van der Waals surface area contributed by atoms with Crippen LogP contribution in [0.3, 0.4) is 0 Å². The van der Waals surface area contributed by atoms with Crippen molar-refractivity contribution in [3.8, 4) is 5.88 Å². The molecular formula is C11H16N2O5. The molecule has 0 amide bonds. The molecular weight excluding hydrogens is 240 g/mol. The summed E-state index contributed by atoms with van der Waals surface area (Å²) in [5.41, 5.74) is 5.93. The molecule has 0 radical (unpaired) electrons. The molecule has 2 unspecified atom stereocenters. The first kappa shape index (κ1) is 14.2. The van der Waals surface area contributed by atoms with Gasteiger partial charge in [0, 0.05) is 5.56 Å². The molecule has 7 heteroatoms. The van der Waals surface area contributed by atoms with Crippen LogP contribution in [0.5, 0.6) is 5.88 Å². The largest absolute Gasteiger partial charge is 0.481 e. The molecule has 0 saturated heterocycles. The maximum atomic E-state index is 11.3. The summed E-state index contributed by atoms with van der Waals surface area (Å²) in [6.45, 7) is 1.70. The Kier molecular flexibility index (Phi) is 4.87. The molecule has 0 saturated carbocycles. The first-order valence-corrected chi connectivity index (χ1v) is 5.33. The molecule has 0 aromatic carbocycles. The number of hydrogen-bond donors (Lipinski definition) is 3. The van der Waals surface area contributed by atoms with E-state index in [0.29, 0.717) is 0 Å². The third-order valence-corrected chi connectivity index (χ3v) is 2.24. The summed E-state index contributed by atoms with van der Waals surface area (Å²) in [7, 11) is 1.35. The number of aliphatic hydroxyl groups is 2. The highest BCUT2D eigenvalue weighted by Gasteiger charge is 2.29. The zero-order valence-corrected chi connectivity index (χ0v) is 10.2. The molecule has 4 N–H and O–H groups in total. The van der Waals surface area contributed by atoms with Gasteiger partial charge in [0.25, 0.3) is 0 Å². The van der Waals surface area contributed by atoms with Crippen LogP contribution >= 0.6 is 0 Å². The highest BCUT2D eigenvalue weighted by Crippen LogP contribution is 2.27. The zero-order valence-electron chi connectivity index (χ0n) is 10.2. The molecule has 0 bridgehead atoms. The fourth-order valence-electron chi connectivity index (χ4n) is 1.40. The summed E-state index contributed by atoms with van der Waals surface area (Å²) >= 11 is 0. The van der Waals surface area contributed by atoms with Crippen molar-refractivity contribution in [3.63, 3.8) is 0 Å². The molecule has 0 aliphatic carbocycles. The van der Waals surface area contributed by atoms with E-state index in [2.05, 4.69) is 9.72 Å². The topological polar surface area (TPSA) is 115 Å². The number of nitrogen functional groups attached to an aromatic ring is 1. The van der Waals surface area contributed by atoms with E-state index in [9.17, 15) is 15.0 Å². The minimum Gasteiger partial charge on any atom is -0.481 e. The van der Waals surface area contributed by atoms with Gasteiger partial charge >= 0.3 is 5.97 Å². The molecule has 1 rings (SSSR count). The van der Waals surface area contributed by atoms with E-state index in [0.717, 1.165) is 0 Å². The number of carbonyl (C=O) groups excluding carboxylic acids is 1. The van der Waals surface area contributed by atoms with Gasteiger partial charge in [-0.05, 0) is 13.0 Å². The van der Waals surface area contributed by atoms with Gasteiger partial charge in [0.05, 0.1) is 25.6 Å². The lowest BCUT2D eigenvalue weighted by Crippen LogP contribution is -2.30. The van der Waals surface area contributed by atoms with Crippen molar-refractivity contribution < 1.29 is 24.5 Å². The van der Waals surface area contributed by atoms with Crippen molar-refractivity contribution in [1.29, 1.82) is 0 Å². The number of methoxy groups -OCH3 is 1. The number of aromatic nitrogens is 1. The van der Waals surface area contributed by atoms with Crippen LogP contribution in [0.1, 0.15) is 18.6 Å². The lowest BCUT2D eigenvalue weighted by Gasteiger charge is -2.18. The number of pyridine rings is 1. The Balaban J connectivity index is 2.98. The molecule has 2 atom stereocenters. The molecule has 0 fully saturated rings. The molecule has 0 aliphatic rings. The predicted molar refractivity (Wildman–Crippen MR) is 62.8 cm³/mol. The van der Waals surface area contributed by atoms with Crippen LogP contribution in [0.15, 0.2) is 12.3 Å². The SMILES string of the molecule is CCOC(=O)C(O)C(O)c1cc(N)cnc1OC. The molecule has 100 valence electrons. The first-order chi connectivity index (χ1) is 8.51. The Labute approximate surface area is 104 Å². The van der Waals surface area contributed by atoms with Gasteiger partial charge in [-0.25, -0.2) is 9.78 Å². The van der Waals surface area contributed by atoms with Crippen LogP contribution in [-0.4, -0.2) is 41.0 Å². The van der Waals surface area contributed by atoms with Gasteiger partial charge in [0.2, 0.25) is 5.88 Å². The van der Waals surface area contributed by atoms with Gasteiger partial charge in [-0.15, -0.1) is 0 Å². The van der Waals surface area contributed by atoms with Gasteiger partial charge in [0.1, 0.15) is 6.10 Å². The summed E-state index contributed by atoms with van der Waals surface area (Å²) in [4.78, 5) is 15.2. The fourth-order valence-corrected chi connectivity index (χ4v) is 1.40. The monoisotopic (exact) mass is 256 g/mol. The maximum absolute atomic E-state index is 11.3. The minimum absolute atomic E-state index is 0.0834. The van der Waals surface area contributed by atoms with Crippen LogP contribution in [0.4, 0.5) is 5.69 Å². The Hall–Kier alpha value is -1.86. The average molecular weight is 256 g/mol. The van der Waals surface area contributed by atoms with E-state index in [-0.39, 0.29) is 23.7 Å². The summed E-state index contributed by atoms with van der Waals surface area (Å²) in [6.07, 6.45) is -1.90. The van der Waals surface area contributed by atoms with E-state index < -0.39 is 18.2 Å². The second-order valence-corrected chi connectivity index (χ2v) is 3.51. The van der Waals surface area contributed by atoms with E-state index in [1.165, 1.54) is 19.4 Å². The number of ether oxygens (including phenoxy) is 2. The summed E-state index contributed by atoms with van der Waals surface area (Å²) in [5, 5.41) is 19.5. The number of rotatable bonds is 5. The lowest BCUT2D eigenvalue weighted by atomic mass is 10.1. The second kappa shape index (κ2) is 6.18. The number of esters is 1. The number of nitrogens with zero attached hydrogens (tertiary/aromatic N) is 1. The van der Waals surface area contributed by atoms with E-state index in [4.69, 9.17) is 10.5 Å². The smallest absolute Gasteiger partial charge is 0.338 e. The third-order valence-electron chi connectivity index (χ3n) is 2.24. The van der Waals surface area contributed by atoms with Crippen LogP contribution in [0.25, 0.3) is 0 Å². The highest BCUT2D eigenvalue weighted by atomic mass is 16.5. The maximum Gasteiger partial charge on any atom is 0.338 e. The van der Waals surface area contributed by atoms with E-state index >= 15 is 0 Å². The average Bonchev–Trinajstić information content (AvgIpc) is 2.37. The number of nitrogens with two attached hydrogens (primary N) is 1. The minimum atomic E-state index is -1.72. The van der Waals surface area contributed by atoms with Gasteiger partial charge < -0.3 is 25.4 Å². The van der Waals surface area contributed by atoms with Gasteiger partial charge in [-0.2, -0.15) is 0 Å².